The van der Waals surface area contributed by atoms with Gasteiger partial charge in [0.1, 0.15) is 4.90 Å². The van der Waals surface area contributed by atoms with Crippen molar-refractivity contribution < 1.29 is 18.2 Å². The first-order valence-corrected chi connectivity index (χ1v) is 11.1. The van der Waals surface area contributed by atoms with E-state index in [1.807, 2.05) is 24.5 Å². The van der Waals surface area contributed by atoms with Crippen molar-refractivity contribution in [1.29, 1.82) is 0 Å². The molecule has 2 aliphatic rings. The molecule has 1 saturated carbocycles. The van der Waals surface area contributed by atoms with Gasteiger partial charge in [0, 0.05) is 55.6 Å². The van der Waals surface area contributed by atoms with Gasteiger partial charge in [0.2, 0.25) is 10.0 Å². The topological polar surface area (TPSA) is 83.9 Å². The number of pyridine rings is 1. The number of aromatic amines is 1. The Balaban J connectivity index is 1.47. The Morgan fingerprint density at radius 1 is 1.07 bits per heavy atom. The third-order valence-electron chi connectivity index (χ3n) is 5.00. The molecule has 148 valence electrons. The first kappa shape index (κ1) is 19.2. The predicted molar refractivity (Wildman–Crippen MR) is 106 cm³/mol. The molecule has 0 radical (unpaired) electrons. The Kier molecular flexibility index (Phi) is 5.27. The van der Waals surface area contributed by atoms with E-state index < -0.39 is 10.0 Å². The summed E-state index contributed by atoms with van der Waals surface area (Å²) in [4.78, 5) is 19.8. The van der Waals surface area contributed by atoms with E-state index in [2.05, 4.69) is 14.6 Å². The minimum atomic E-state index is -3.72. The van der Waals surface area contributed by atoms with Gasteiger partial charge in [-0.1, -0.05) is 11.6 Å². The van der Waals surface area contributed by atoms with Crippen LogP contribution in [0.4, 0.5) is 5.69 Å². The van der Waals surface area contributed by atoms with Gasteiger partial charge in [0.15, 0.2) is 12.4 Å². The largest absolute Gasteiger partial charge is 0.368 e. The zero-order valence-electron chi connectivity index (χ0n) is 15.3. The maximum atomic E-state index is 12.9. The minimum Gasteiger partial charge on any atom is -0.368 e. The molecule has 0 unspecified atom stereocenters. The summed E-state index contributed by atoms with van der Waals surface area (Å²) in [6.45, 7) is 2.58. The highest BCUT2D eigenvalue weighted by molar-refractivity contribution is 7.89. The van der Waals surface area contributed by atoms with E-state index >= 15 is 0 Å². The first-order valence-electron chi connectivity index (χ1n) is 9.26. The number of sulfonamides is 1. The summed E-state index contributed by atoms with van der Waals surface area (Å²) in [5.41, 5.74) is 1.44. The van der Waals surface area contributed by atoms with Crippen LogP contribution in [0.3, 0.4) is 0 Å². The van der Waals surface area contributed by atoms with Crippen LogP contribution in [0, 0.1) is 0 Å². The van der Waals surface area contributed by atoms with E-state index in [0.717, 1.165) is 31.6 Å². The number of hydrogen-bond donors (Lipinski definition) is 1. The standard InChI is InChI=1S/C19H21ClN4O3S/c20-17-4-1-14(13-18(17)28(26,27)22-15-2-3-15)19(25)24-11-9-23(10-12-24)16-5-7-21-8-6-16/h1,4-8,13,15,22H,2-3,9-12H2/p+1. The van der Waals surface area contributed by atoms with Gasteiger partial charge in [-0.25, -0.2) is 18.1 Å². The molecule has 2 aromatic rings. The molecule has 1 aliphatic heterocycles. The number of halogens is 1. The molecular weight excluding hydrogens is 400 g/mol. The van der Waals surface area contributed by atoms with E-state index in [4.69, 9.17) is 11.6 Å². The Morgan fingerprint density at radius 3 is 2.39 bits per heavy atom. The lowest BCUT2D eigenvalue weighted by Gasteiger charge is -2.35. The zero-order valence-corrected chi connectivity index (χ0v) is 16.8. The lowest BCUT2D eigenvalue weighted by atomic mass is 10.1. The van der Waals surface area contributed by atoms with Crippen molar-refractivity contribution in [3.05, 3.63) is 53.3 Å². The molecule has 2 N–H and O–H groups in total. The van der Waals surface area contributed by atoms with Gasteiger partial charge in [0.05, 0.1) is 5.02 Å². The van der Waals surface area contributed by atoms with Crippen molar-refractivity contribution in [3.63, 3.8) is 0 Å². The SMILES string of the molecule is O=C(c1ccc(Cl)c(S(=O)(=O)NC2CC2)c1)N1CCN(c2cc[nH+]cc2)CC1. The maximum absolute atomic E-state index is 12.9. The normalized spacial score (nSPS) is 17.6. The number of carbonyl (C=O) groups excluding carboxylic acids is 1. The fourth-order valence-electron chi connectivity index (χ4n) is 3.27. The summed E-state index contributed by atoms with van der Waals surface area (Å²) < 4.78 is 27.7. The van der Waals surface area contributed by atoms with E-state index in [1.165, 1.54) is 12.1 Å². The van der Waals surface area contributed by atoms with E-state index in [-0.39, 0.29) is 21.9 Å². The number of rotatable bonds is 5. The number of nitrogens with one attached hydrogen (secondary N) is 2. The predicted octanol–water partition coefficient (Wildman–Crippen LogP) is 1.56. The Bertz CT molecular complexity index is 972. The van der Waals surface area contributed by atoms with E-state index in [1.54, 1.807) is 11.0 Å². The van der Waals surface area contributed by atoms with Crippen LogP contribution >= 0.6 is 11.6 Å². The summed E-state index contributed by atoms with van der Waals surface area (Å²) in [5.74, 6) is -0.180. The maximum Gasteiger partial charge on any atom is 0.254 e. The van der Waals surface area contributed by atoms with E-state index in [9.17, 15) is 13.2 Å². The Labute approximate surface area is 169 Å². The second-order valence-electron chi connectivity index (χ2n) is 7.08. The molecule has 1 amide bonds. The van der Waals surface area contributed by atoms with Crippen LogP contribution < -0.4 is 14.6 Å². The Hall–Kier alpha value is -2.16. The summed E-state index contributed by atoms with van der Waals surface area (Å²) >= 11 is 6.11. The number of benzene rings is 1. The van der Waals surface area contributed by atoms with Gasteiger partial charge in [0.25, 0.3) is 5.91 Å². The van der Waals surface area contributed by atoms with Crippen molar-refractivity contribution in [2.75, 3.05) is 31.1 Å². The quantitative estimate of drug-likeness (QED) is 0.794. The molecule has 28 heavy (non-hydrogen) atoms. The second kappa shape index (κ2) is 7.69. The number of aromatic nitrogens is 1. The number of amides is 1. The molecule has 1 aliphatic carbocycles. The fraction of sp³-hybridized carbons (Fsp3) is 0.368. The summed E-state index contributed by atoms with van der Waals surface area (Å²) in [6, 6.07) is 8.42. The van der Waals surface area contributed by atoms with Crippen LogP contribution in [0.5, 0.6) is 0 Å². The van der Waals surface area contributed by atoms with Crippen LogP contribution in [0.1, 0.15) is 23.2 Å². The highest BCUT2D eigenvalue weighted by atomic mass is 35.5. The molecule has 4 rings (SSSR count). The molecule has 0 bridgehead atoms. The van der Waals surface area contributed by atoms with Crippen LogP contribution in [-0.4, -0.2) is 51.4 Å². The summed E-state index contributed by atoms with van der Waals surface area (Å²) in [6.07, 6.45) is 5.41. The van der Waals surface area contributed by atoms with Crippen LogP contribution in [-0.2, 0) is 10.0 Å². The van der Waals surface area contributed by atoms with Crippen molar-refractivity contribution in [1.82, 2.24) is 9.62 Å². The number of carbonyl (C=O) groups is 1. The molecule has 1 saturated heterocycles. The molecular formula is C19H22ClN4O3S+. The highest BCUT2D eigenvalue weighted by Crippen LogP contribution is 2.27. The molecule has 9 heteroatoms. The minimum absolute atomic E-state index is 0.0240. The van der Waals surface area contributed by atoms with E-state index in [0.29, 0.717) is 18.7 Å². The molecule has 0 atom stereocenters. The van der Waals surface area contributed by atoms with Crippen LogP contribution in [0.15, 0.2) is 47.6 Å². The Morgan fingerprint density at radius 2 is 1.75 bits per heavy atom. The summed E-state index contributed by atoms with van der Waals surface area (Å²) in [5, 5.41) is 0.121. The molecule has 2 heterocycles. The third kappa shape index (κ3) is 4.14. The average molecular weight is 422 g/mol. The number of piperazine rings is 1. The molecule has 0 spiro atoms. The molecule has 1 aromatic carbocycles. The third-order valence-corrected chi connectivity index (χ3v) is 7.00. The molecule has 7 nitrogen and oxygen atoms in total. The highest BCUT2D eigenvalue weighted by Gasteiger charge is 2.30. The van der Waals surface area contributed by atoms with Crippen LogP contribution in [0.25, 0.3) is 0 Å². The second-order valence-corrected chi connectivity index (χ2v) is 9.17. The molecule has 2 fully saturated rings. The smallest absolute Gasteiger partial charge is 0.254 e. The summed E-state index contributed by atoms with van der Waals surface area (Å²) in [7, 11) is -3.72. The van der Waals surface area contributed by atoms with Crippen molar-refractivity contribution in [3.8, 4) is 0 Å². The lowest BCUT2D eigenvalue weighted by Crippen LogP contribution is -2.48. The fourth-order valence-corrected chi connectivity index (χ4v) is 5.10. The van der Waals surface area contributed by atoms with Gasteiger partial charge >= 0.3 is 0 Å². The first-order chi connectivity index (χ1) is 13.4. The average Bonchev–Trinajstić information content (AvgIpc) is 3.52. The van der Waals surface area contributed by atoms with Gasteiger partial charge in [-0.2, -0.15) is 0 Å². The van der Waals surface area contributed by atoms with Crippen molar-refractivity contribution >= 4 is 33.2 Å². The number of nitrogens with zero attached hydrogens (tertiary/aromatic N) is 2. The zero-order chi connectivity index (χ0) is 19.7. The van der Waals surface area contributed by atoms with Gasteiger partial charge in [-0.3, -0.25) is 4.79 Å². The van der Waals surface area contributed by atoms with Crippen LogP contribution in [0.2, 0.25) is 5.02 Å². The monoisotopic (exact) mass is 421 g/mol. The van der Waals surface area contributed by atoms with Gasteiger partial charge in [-0.15, -0.1) is 0 Å². The van der Waals surface area contributed by atoms with Gasteiger partial charge in [-0.05, 0) is 31.0 Å². The molecule has 1 aromatic heterocycles. The van der Waals surface area contributed by atoms with Crippen molar-refractivity contribution in [2.45, 2.75) is 23.8 Å². The van der Waals surface area contributed by atoms with Gasteiger partial charge < -0.3 is 9.80 Å². The number of H-pyrrole nitrogens is 1. The number of hydrogen-bond acceptors (Lipinski definition) is 4. The number of anilines is 1. The van der Waals surface area contributed by atoms with Crippen molar-refractivity contribution in [2.24, 2.45) is 0 Å². The lowest BCUT2D eigenvalue weighted by molar-refractivity contribution is -0.377.